The molecule has 4 nitrogen and oxygen atoms in total. The van der Waals surface area contributed by atoms with Crippen LogP contribution in [-0.4, -0.2) is 29.3 Å². The summed E-state index contributed by atoms with van der Waals surface area (Å²) in [5.41, 5.74) is 7.78. The molecule has 0 spiro atoms. The van der Waals surface area contributed by atoms with E-state index in [1.807, 2.05) is 19.2 Å². The minimum absolute atomic E-state index is 0.0287. The summed E-state index contributed by atoms with van der Waals surface area (Å²) < 4.78 is 0. The normalized spacial score (nSPS) is 22.5. The summed E-state index contributed by atoms with van der Waals surface area (Å²) in [6, 6.07) is 4.24. The largest absolute Gasteiger partial charge is 0.394 e. The summed E-state index contributed by atoms with van der Waals surface area (Å²) in [6.45, 7) is 3.15. The molecule has 0 aliphatic carbocycles. The van der Waals surface area contributed by atoms with E-state index in [9.17, 15) is 5.11 Å². The SMILES string of the molecule is C[C@@H](N)c1ccc(N2CCCCC2CO)cn1. The van der Waals surface area contributed by atoms with E-state index in [0.29, 0.717) is 0 Å². The number of hydrogen-bond donors (Lipinski definition) is 2. The van der Waals surface area contributed by atoms with Crippen molar-refractivity contribution in [2.45, 2.75) is 38.3 Å². The van der Waals surface area contributed by atoms with E-state index in [1.165, 1.54) is 12.8 Å². The maximum absolute atomic E-state index is 9.38. The molecule has 2 atom stereocenters. The predicted molar refractivity (Wildman–Crippen MR) is 68.9 cm³/mol. The fourth-order valence-electron chi connectivity index (χ4n) is 2.37. The van der Waals surface area contributed by atoms with Gasteiger partial charge in [0.2, 0.25) is 0 Å². The highest BCUT2D eigenvalue weighted by Crippen LogP contribution is 2.24. The molecule has 2 rings (SSSR count). The average Bonchev–Trinajstić information content (AvgIpc) is 2.39. The topological polar surface area (TPSA) is 62.4 Å². The molecule has 0 aromatic carbocycles. The zero-order valence-electron chi connectivity index (χ0n) is 10.3. The van der Waals surface area contributed by atoms with Crippen molar-refractivity contribution in [1.29, 1.82) is 0 Å². The third-order valence-corrected chi connectivity index (χ3v) is 3.41. The molecule has 1 aromatic heterocycles. The Morgan fingerprint density at radius 1 is 1.53 bits per heavy atom. The lowest BCUT2D eigenvalue weighted by atomic mass is 10.0. The summed E-state index contributed by atoms with van der Waals surface area (Å²) in [4.78, 5) is 6.63. The highest BCUT2D eigenvalue weighted by atomic mass is 16.3. The van der Waals surface area contributed by atoms with Gasteiger partial charge in [0, 0.05) is 12.6 Å². The molecule has 1 aromatic rings. The molecule has 0 saturated carbocycles. The van der Waals surface area contributed by atoms with Crippen LogP contribution in [0.2, 0.25) is 0 Å². The van der Waals surface area contributed by atoms with Gasteiger partial charge in [-0.2, -0.15) is 0 Å². The van der Waals surface area contributed by atoms with Crippen LogP contribution in [0.1, 0.15) is 37.9 Å². The summed E-state index contributed by atoms with van der Waals surface area (Å²) in [5.74, 6) is 0. The summed E-state index contributed by atoms with van der Waals surface area (Å²) in [6.07, 6.45) is 5.32. The van der Waals surface area contributed by atoms with Gasteiger partial charge in [0.15, 0.2) is 0 Å². The van der Waals surface area contributed by atoms with E-state index in [-0.39, 0.29) is 18.7 Å². The minimum atomic E-state index is -0.0287. The lowest BCUT2D eigenvalue weighted by molar-refractivity contribution is 0.240. The monoisotopic (exact) mass is 235 g/mol. The fourth-order valence-corrected chi connectivity index (χ4v) is 2.37. The number of pyridine rings is 1. The van der Waals surface area contributed by atoms with Crippen LogP contribution >= 0.6 is 0 Å². The Kier molecular flexibility index (Phi) is 3.97. The first-order valence-corrected chi connectivity index (χ1v) is 6.31. The molecule has 1 aliphatic heterocycles. The molecule has 1 aliphatic rings. The quantitative estimate of drug-likeness (QED) is 0.832. The van der Waals surface area contributed by atoms with Crippen molar-refractivity contribution in [2.75, 3.05) is 18.1 Å². The van der Waals surface area contributed by atoms with Gasteiger partial charge < -0.3 is 15.7 Å². The number of rotatable bonds is 3. The first-order chi connectivity index (χ1) is 8.22. The summed E-state index contributed by atoms with van der Waals surface area (Å²) >= 11 is 0. The number of nitrogens with zero attached hydrogens (tertiary/aromatic N) is 2. The van der Waals surface area contributed by atoms with Gasteiger partial charge in [-0.3, -0.25) is 4.98 Å². The zero-order valence-corrected chi connectivity index (χ0v) is 10.3. The maximum atomic E-state index is 9.38. The second-order valence-electron chi connectivity index (χ2n) is 4.76. The van der Waals surface area contributed by atoms with Crippen molar-refractivity contribution >= 4 is 5.69 Å². The van der Waals surface area contributed by atoms with E-state index in [2.05, 4.69) is 16.0 Å². The van der Waals surface area contributed by atoms with Crippen molar-refractivity contribution in [3.05, 3.63) is 24.0 Å². The number of aliphatic hydroxyl groups is 1. The van der Waals surface area contributed by atoms with E-state index >= 15 is 0 Å². The van der Waals surface area contributed by atoms with Gasteiger partial charge >= 0.3 is 0 Å². The van der Waals surface area contributed by atoms with E-state index in [4.69, 9.17) is 5.73 Å². The zero-order chi connectivity index (χ0) is 12.3. The Balaban J connectivity index is 2.15. The Morgan fingerprint density at radius 2 is 2.35 bits per heavy atom. The number of aromatic nitrogens is 1. The Hall–Kier alpha value is -1.13. The fraction of sp³-hybridized carbons (Fsp3) is 0.615. The lowest BCUT2D eigenvalue weighted by Gasteiger charge is -2.36. The summed E-state index contributed by atoms with van der Waals surface area (Å²) in [7, 11) is 0. The Labute approximate surface area is 102 Å². The van der Waals surface area contributed by atoms with Gasteiger partial charge in [-0.15, -0.1) is 0 Å². The van der Waals surface area contributed by atoms with E-state index in [0.717, 1.165) is 24.3 Å². The smallest absolute Gasteiger partial charge is 0.0635 e. The number of aliphatic hydroxyl groups excluding tert-OH is 1. The molecule has 1 fully saturated rings. The van der Waals surface area contributed by atoms with Gasteiger partial charge in [-0.1, -0.05) is 0 Å². The van der Waals surface area contributed by atoms with Crippen LogP contribution in [0, 0.1) is 0 Å². The van der Waals surface area contributed by atoms with Crippen LogP contribution in [0.15, 0.2) is 18.3 Å². The molecule has 1 unspecified atom stereocenters. The van der Waals surface area contributed by atoms with Crippen molar-refractivity contribution in [3.8, 4) is 0 Å². The van der Waals surface area contributed by atoms with Crippen molar-refractivity contribution in [1.82, 2.24) is 4.98 Å². The minimum Gasteiger partial charge on any atom is -0.394 e. The van der Waals surface area contributed by atoms with Crippen LogP contribution in [0.4, 0.5) is 5.69 Å². The van der Waals surface area contributed by atoms with Gasteiger partial charge in [0.05, 0.1) is 30.2 Å². The molecule has 17 heavy (non-hydrogen) atoms. The van der Waals surface area contributed by atoms with Crippen LogP contribution < -0.4 is 10.6 Å². The predicted octanol–water partition coefficient (Wildman–Crippen LogP) is 1.45. The third kappa shape index (κ3) is 2.76. The standard InChI is InChI=1S/C13H21N3O/c1-10(14)13-6-5-11(8-15-13)16-7-3-2-4-12(16)9-17/h5-6,8,10,12,17H,2-4,7,9,14H2,1H3/t10-,12?/m1/s1. The first-order valence-electron chi connectivity index (χ1n) is 6.31. The van der Waals surface area contributed by atoms with Crippen molar-refractivity contribution in [2.24, 2.45) is 5.73 Å². The average molecular weight is 235 g/mol. The molecule has 0 radical (unpaired) electrons. The Bertz CT molecular complexity index is 350. The molecule has 94 valence electrons. The van der Waals surface area contributed by atoms with E-state index in [1.54, 1.807) is 0 Å². The molecular weight excluding hydrogens is 214 g/mol. The van der Waals surface area contributed by atoms with Gasteiger partial charge in [0.1, 0.15) is 0 Å². The van der Waals surface area contributed by atoms with Crippen molar-refractivity contribution < 1.29 is 5.11 Å². The van der Waals surface area contributed by atoms with Gasteiger partial charge in [-0.25, -0.2) is 0 Å². The number of hydrogen-bond acceptors (Lipinski definition) is 4. The highest BCUT2D eigenvalue weighted by molar-refractivity contribution is 5.46. The van der Waals surface area contributed by atoms with Gasteiger partial charge in [-0.05, 0) is 38.3 Å². The molecule has 0 bridgehead atoms. The molecular formula is C13H21N3O. The van der Waals surface area contributed by atoms with Crippen LogP contribution in [0.25, 0.3) is 0 Å². The van der Waals surface area contributed by atoms with Gasteiger partial charge in [0.25, 0.3) is 0 Å². The molecule has 4 heteroatoms. The van der Waals surface area contributed by atoms with Crippen LogP contribution in [-0.2, 0) is 0 Å². The number of anilines is 1. The molecule has 3 N–H and O–H groups in total. The van der Waals surface area contributed by atoms with Crippen molar-refractivity contribution in [3.63, 3.8) is 0 Å². The Morgan fingerprint density at radius 3 is 2.94 bits per heavy atom. The maximum Gasteiger partial charge on any atom is 0.0635 e. The third-order valence-electron chi connectivity index (χ3n) is 3.41. The molecule has 2 heterocycles. The van der Waals surface area contributed by atoms with E-state index < -0.39 is 0 Å². The van der Waals surface area contributed by atoms with Crippen LogP contribution in [0.5, 0.6) is 0 Å². The number of nitrogens with two attached hydrogens (primary N) is 1. The first kappa shape index (κ1) is 12.3. The highest BCUT2D eigenvalue weighted by Gasteiger charge is 2.22. The summed E-state index contributed by atoms with van der Waals surface area (Å²) in [5, 5.41) is 9.38. The lowest BCUT2D eigenvalue weighted by Crippen LogP contribution is -2.42. The molecule has 0 amide bonds. The second-order valence-corrected chi connectivity index (χ2v) is 4.76. The van der Waals surface area contributed by atoms with Crippen LogP contribution in [0.3, 0.4) is 0 Å². The molecule has 1 saturated heterocycles. The second kappa shape index (κ2) is 5.47. The number of piperidine rings is 1.